The van der Waals surface area contributed by atoms with Crippen LogP contribution in [-0.4, -0.2) is 35.4 Å². The maximum atomic E-state index is 12.5. The molecule has 1 N–H and O–H groups in total. The molecule has 0 aromatic heterocycles. The molecule has 1 fully saturated rings. The number of carbonyl (C=O) groups is 1. The van der Waals surface area contributed by atoms with E-state index in [4.69, 9.17) is 0 Å². The number of halogens is 1. The number of aryl methyl sites for hydroxylation is 1. The van der Waals surface area contributed by atoms with Gasteiger partial charge in [0.2, 0.25) is 0 Å². The number of aliphatic hydroxyl groups is 1. The Kier molecular flexibility index (Phi) is 9.46. The predicted octanol–water partition coefficient (Wildman–Crippen LogP) is 6.28. The summed E-state index contributed by atoms with van der Waals surface area (Å²) in [6.07, 6.45) is 4.33. The van der Waals surface area contributed by atoms with Crippen molar-refractivity contribution in [3.05, 3.63) is 107 Å². The topological polar surface area (TPSA) is 40.5 Å². The summed E-state index contributed by atoms with van der Waals surface area (Å²) in [6, 6.07) is 28.2. The molecule has 0 atom stereocenters. The van der Waals surface area contributed by atoms with Crippen molar-refractivity contribution in [2.75, 3.05) is 19.6 Å². The third-order valence-corrected chi connectivity index (χ3v) is 7.17. The van der Waals surface area contributed by atoms with Crippen molar-refractivity contribution in [2.45, 2.75) is 44.6 Å². The molecule has 1 aliphatic heterocycles. The number of ketones is 1. The molecular weight excluding hydrogens is 442 g/mol. The van der Waals surface area contributed by atoms with E-state index < -0.39 is 5.60 Å². The van der Waals surface area contributed by atoms with Crippen LogP contribution in [0.3, 0.4) is 0 Å². The Morgan fingerprint density at radius 2 is 1.41 bits per heavy atom. The number of nitrogens with zero attached hydrogens (tertiary/aromatic N) is 1. The van der Waals surface area contributed by atoms with E-state index in [1.165, 1.54) is 5.56 Å². The van der Waals surface area contributed by atoms with Crippen LogP contribution in [0.15, 0.2) is 84.9 Å². The summed E-state index contributed by atoms with van der Waals surface area (Å²) < 4.78 is 0. The second-order valence-electron chi connectivity index (χ2n) is 9.19. The number of likely N-dealkylation sites (tertiary alicyclic amines) is 1. The van der Waals surface area contributed by atoms with Crippen LogP contribution in [0.25, 0.3) is 0 Å². The molecule has 1 aliphatic rings. The van der Waals surface area contributed by atoms with Crippen LogP contribution in [0, 0.1) is 5.92 Å². The van der Waals surface area contributed by atoms with Gasteiger partial charge in [-0.15, -0.1) is 12.4 Å². The van der Waals surface area contributed by atoms with Gasteiger partial charge in [-0.1, -0.05) is 91.9 Å². The van der Waals surface area contributed by atoms with Gasteiger partial charge in [0.15, 0.2) is 5.78 Å². The third kappa shape index (κ3) is 5.96. The van der Waals surface area contributed by atoms with Crippen molar-refractivity contribution < 1.29 is 9.90 Å². The highest BCUT2D eigenvalue weighted by atomic mass is 35.5. The maximum absolute atomic E-state index is 12.5. The maximum Gasteiger partial charge on any atom is 0.162 e. The van der Waals surface area contributed by atoms with Gasteiger partial charge < -0.3 is 10.0 Å². The van der Waals surface area contributed by atoms with Gasteiger partial charge in [-0.05, 0) is 67.9 Å². The zero-order valence-electron chi connectivity index (χ0n) is 20.0. The SMILES string of the molecule is CCc1ccc(C(=O)CCCN2CCC(C(O)(c3ccccc3)c3ccccc3)CC2)cc1.Cl. The Hall–Kier alpha value is -2.46. The Labute approximate surface area is 210 Å². The molecule has 0 bridgehead atoms. The normalized spacial score (nSPS) is 15.0. The molecule has 1 heterocycles. The number of hydrogen-bond donors (Lipinski definition) is 1. The van der Waals surface area contributed by atoms with E-state index >= 15 is 0 Å². The van der Waals surface area contributed by atoms with Gasteiger partial charge in [0.1, 0.15) is 5.60 Å². The fourth-order valence-electron chi connectivity index (χ4n) is 5.13. The largest absolute Gasteiger partial charge is 0.380 e. The highest BCUT2D eigenvalue weighted by molar-refractivity contribution is 5.96. The first kappa shape index (κ1) is 26.2. The minimum absolute atomic E-state index is 0. The van der Waals surface area contributed by atoms with Gasteiger partial charge in [-0.25, -0.2) is 0 Å². The Morgan fingerprint density at radius 3 is 1.91 bits per heavy atom. The average Bonchev–Trinajstić information content (AvgIpc) is 2.89. The van der Waals surface area contributed by atoms with E-state index in [1.54, 1.807) is 0 Å². The fourth-order valence-corrected chi connectivity index (χ4v) is 5.13. The summed E-state index contributed by atoms with van der Waals surface area (Å²) in [4.78, 5) is 15.0. The molecule has 0 aliphatic carbocycles. The number of hydrogen-bond acceptors (Lipinski definition) is 3. The number of carbonyl (C=O) groups excluding carboxylic acids is 1. The second kappa shape index (κ2) is 12.3. The van der Waals surface area contributed by atoms with Gasteiger partial charge >= 0.3 is 0 Å². The highest BCUT2D eigenvalue weighted by Gasteiger charge is 2.41. The number of rotatable bonds is 9. The van der Waals surface area contributed by atoms with Gasteiger partial charge in [0, 0.05) is 12.0 Å². The van der Waals surface area contributed by atoms with Crippen LogP contribution in [0.5, 0.6) is 0 Å². The van der Waals surface area contributed by atoms with Crippen molar-refractivity contribution in [1.82, 2.24) is 4.90 Å². The van der Waals surface area contributed by atoms with E-state index in [1.807, 2.05) is 72.8 Å². The van der Waals surface area contributed by atoms with Crippen LogP contribution < -0.4 is 0 Å². The molecule has 4 heteroatoms. The zero-order chi connectivity index (χ0) is 23.1. The molecule has 0 unspecified atom stereocenters. The monoisotopic (exact) mass is 477 g/mol. The van der Waals surface area contributed by atoms with Crippen molar-refractivity contribution in [3.8, 4) is 0 Å². The number of benzene rings is 3. The predicted molar refractivity (Wildman–Crippen MR) is 142 cm³/mol. The van der Waals surface area contributed by atoms with E-state index in [0.29, 0.717) is 6.42 Å². The van der Waals surface area contributed by atoms with E-state index in [-0.39, 0.29) is 24.1 Å². The number of Topliss-reactive ketones (excluding diaryl/α,β-unsaturated/α-hetero) is 1. The van der Waals surface area contributed by atoms with Crippen LogP contribution in [0.2, 0.25) is 0 Å². The first-order chi connectivity index (χ1) is 16.1. The lowest BCUT2D eigenvalue weighted by atomic mass is 9.72. The van der Waals surface area contributed by atoms with Crippen LogP contribution in [0.4, 0.5) is 0 Å². The van der Waals surface area contributed by atoms with Crippen molar-refractivity contribution in [3.63, 3.8) is 0 Å². The van der Waals surface area contributed by atoms with Crippen molar-refractivity contribution in [1.29, 1.82) is 0 Å². The fraction of sp³-hybridized carbons (Fsp3) is 0.367. The molecule has 4 rings (SSSR count). The lowest BCUT2D eigenvalue weighted by molar-refractivity contribution is -0.0142. The molecule has 0 saturated carbocycles. The van der Waals surface area contributed by atoms with E-state index in [0.717, 1.165) is 62.0 Å². The van der Waals surface area contributed by atoms with Crippen LogP contribution >= 0.6 is 12.4 Å². The summed E-state index contributed by atoms with van der Waals surface area (Å²) in [6.45, 7) is 4.96. The Bertz CT molecular complexity index is 973. The van der Waals surface area contributed by atoms with Crippen molar-refractivity contribution >= 4 is 18.2 Å². The smallest absolute Gasteiger partial charge is 0.162 e. The summed E-state index contributed by atoms with van der Waals surface area (Å²) in [5, 5.41) is 12.0. The highest BCUT2D eigenvalue weighted by Crippen LogP contribution is 2.41. The summed E-state index contributed by atoms with van der Waals surface area (Å²) in [7, 11) is 0. The lowest BCUT2D eigenvalue weighted by Crippen LogP contribution is -2.44. The van der Waals surface area contributed by atoms with E-state index in [2.05, 4.69) is 24.0 Å². The molecule has 0 amide bonds. The van der Waals surface area contributed by atoms with Crippen LogP contribution in [0.1, 0.15) is 59.7 Å². The molecule has 1 saturated heterocycles. The minimum atomic E-state index is -0.977. The quantitative estimate of drug-likeness (QED) is 0.368. The summed E-state index contributed by atoms with van der Waals surface area (Å²) >= 11 is 0. The second-order valence-corrected chi connectivity index (χ2v) is 9.19. The standard InChI is InChI=1S/C30H35NO2.ClH/c1-2-24-15-17-25(18-16-24)29(32)14-9-21-31-22-19-28(20-23-31)30(33,26-10-5-3-6-11-26)27-12-7-4-8-13-27;/h3-8,10-13,15-18,28,33H,2,9,14,19-23H2,1H3;1H. The molecule has 0 spiro atoms. The Morgan fingerprint density at radius 1 is 0.882 bits per heavy atom. The van der Waals surface area contributed by atoms with Gasteiger partial charge in [-0.2, -0.15) is 0 Å². The van der Waals surface area contributed by atoms with Gasteiger partial charge in [-0.3, -0.25) is 4.79 Å². The zero-order valence-corrected chi connectivity index (χ0v) is 20.8. The molecule has 3 aromatic carbocycles. The molecular formula is C30H36ClNO2. The van der Waals surface area contributed by atoms with Crippen molar-refractivity contribution in [2.24, 2.45) is 5.92 Å². The summed E-state index contributed by atoms with van der Waals surface area (Å²) in [5.74, 6) is 0.396. The lowest BCUT2D eigenvalue weighted by Gasteiger charge is -2.42. The van der Waals surface area contributed by atoms with Gasteiger partial charge in [0.05, 0.1) is 0 Å². The summed E-state index contributed by atoms with van der Waals surface area (Å²) in [5.41, 5.74) is 3.04. The first-order valence-corrected chi connectivity index (χ1v) is 12.3. The van der Waals surface area contributed by atoms with Gasteiger partial charge in [0.25, 0.3) is 0 Å². The molecule has 0 radical (unpaired) electrons. The molecule has 3 nitrogen and oxygen atoms in total. The third-order valence-electron chi connectivity index (χ3n) is 7.17. The van der Waals surface area contributed by atoms with E-state index in [9.17, 15) is 9.90 Å². The number of piperidine rings is 1. The Balaban J connectivity index is 0.00000324. The minimum Gasteiger partial charge on any atom is -0.380 e. The molecule has 3 aromatic rings. The average molecular weight is 478 g/mol. The molecule has 34 heavy (non-hydrogen) atoms. The molecule has 180 valence electrons. The first-order valence-electron chi connectivity index (χ1n) is 12.3. The van der Waals surface area contributed by atoms with Crippen LogP contribution in [-0.2, 0) is 12.0 Å².